The van der Waals surface area contributed by atoms with E-state index in [4.69, 9.17) is 21.7 Å². The summed E-state index contributed by atoms with van der Waals surface area (Å²) in [6, 6.07) is 7.36. The van der Waals surface area contributed by atoms with Gasteiger partial charge in [-0.15, -0.1) is 0 Å². The Bertz CT molecular complexity index is 452. The highest BCUT2D eigenvalue weighted by atomic mass is 32.1. The number of carbonyl (C=O) groups is 1. The van der Waals surface area contributed by atoms with Crippen LogP contribution in [0.1, 0.15) is 20.3 Å². The lowest BCUT2D eigenvalue weighted by molar-refractivity contribution is -0.119. The molecule has 5 nitrogen and oxygen atoms in total. The lowest BCUT2D eigenvalue weighted by Crippen LogP contribution is -2.33. The van der Waals surface area contributed by atoms with E-state index < -0.39 is 0 Å². The average Bonchev–Trinajstić information content (AvgIpc) is 2.43. The zero-order chi connectivity index (χ0) is 14.8. The molecule has 20 heavy (non-hydrogen) atoms. The molecular weight excluding hydrogens is 276 g/mol. The Morgan fingerprint density at radius 3 is 2.80 bits per heavy atom. The van der Waals surface area contributed by atoms with Crippen LogP contribution in [0.4, 0.5) is 5.69 Å². The topological polar surface area (TPSA) is 59.6 Å². The Balaban J connectivity index is 2.46. The van der Waals surface area contributed by atoms with Gasteiger partial charge in [-0.3, -0.25) is 4.79 Å². The first-order valence-electron chi connectivity index (χ1n) is 6.57. The molecule has 6 heteroatoms. The highest BCUT2D eigenvalue weighted by molar-refractivity contribution is 7.80. The molecule has 1 amide bonds. The monoisotopic (exact) mass is 296 g/mol. The third-order valence-corrected chi connectivity index (χ3v) is 2.57. The van der Waals surface area contributed by atoms with Gasteiger partial charge in [0, 0.05) is 24.8 Å². The van der Waals surface area contributed by atoms with Gasteiger partial charge in [-0.2, -0.15) is 0 Å². The molecule has 0 unspecified atom stereocenters. The SMILES string of the molecule is CCOCCOc1cccc(NC(=S)NC(=O)CC)c1. The van der Waals surface area contributed by atoms with E-state index in [0.717, 1.165) is 11.4 Å². The molecule has 2 N–H and O–H groups in total. The van der Waals surface area contributed by atoms with Gasteiger partial charge in [0.25, 0.3) is 0 Å². The highest BCUT2D eigenvalue weighted by Crippen LogP contribution is 2.17. The Kier molecular flexibility index (Phi) is 7.60. The summed E-state index contributed by atoms with van der Waals surface area (Å²) in [5.74, 6) is 0.603. The fraction of sp³-hybridized carbons (Fsp3) is 0.429. The predicted octanol–water partition coefficient (Wildman–Crippen LogP) is 2.32. The second kappa shape index (κ2) is 9.28. The van der Waals surface area contributed by atoms with Gasteiger partial charge in [0.2, 0.25) is 5.91 Å². The first kappa shape index (κ1) is 16.4. The van der Waals surface area contributed by atoms with Gasteiger partial charge in [0.05, 0.1) is 6.61 Å². The lowest BCUT2D eigenvalue weighted by Gasteiger charge is -2.11. The predicted molar refractivity (Wildman–Crippen MR) is 83.1 cm³/mol. The zero-order valence-electron chi connectivity index (χ0n) is 11.8. The molecule has 0 radical (unpaired) electrons. The summed E-state index contributed by atoms with van der Waals surface area (Å²) in [5.41, 5.74) is 0.764. The summed E-state index contributed by atoms with van der Waals surface area (Å²) < 4.78 is 10.7. The average molecular weight is 296 g/mol. The molecule has 0 aliphatic carbocycles. The van der Waals surface area contributed by atoms with Crippen molar-refractivity contribution in [1.82, 2.24) is 5.32 Å². The van der Waals surface area contributed by atoms with Gasteiger partial charge in [-0.1, -0.05) is 13.0 Å². The maximum absolute atomic E-state index is 11.2. The summed E-state index contributed by atoms with van der Waals surface area (Å²) in [5, 5.41) is 5.80. The van der Waals surface area contributed by atoms with Crippen molar-refractivity contribution in [3.63, 3.8) is 0 Å². The van der Waals surface area contributed by atoms with Gasteiger partial charge in [-0.05, 0) is 31.3 Å². The molecule has 1 aromatic rings. The van der Waals surface area contributed by atoms with E-state index >= 15 is 0 Å². The number of hydrogen-bond acceptors (Lipinski definition) is 4. The maximum atomic E-state index is 11.2. The smallest absolute Gasteiger partial charge is 0.225 e. The maximum Gasteiger partial charge on any atom is 0.225 e. The second-order valence-electron chi connectivity index (χ2n) is 3.93. The van der Waals surface area contributed by atoms with E-state index in [1.54, 1.807) is 6.92 Å². The van der Waals surface area contributed by atoms with Gasteiger partial charge >= 0.3 is 0 Å². The minimum Gasteiger partial charge on any atom is -0.491 e. The molecule has 1 aromatic carbocycles. The number of benzene rings is 1. The van der Waals surface area contributed by atoms with E-state index in [9.17, 15) is 4.79 Å². The molecule has 0 aromatic heterocycles. The van der Waals surface area contributed by atoms with Crippen LogP contribution >= 0.6 is 12.2 Å². The van der Waals surface area contributed by atoms with Crippen molar-refractivity contribution >= 4 is 28.9 Å². The van der Waals surface area contributed by atoms with Crippen LogP contribution in [0.2, 0.25) is 0 Å². The van der Waals surface area contributed by atoms with Crippen molar-refractivity contribution in [2.45, 2.75) is 20.3 Å². The third-order valence-electron chi connectivity index (χ3n) is 2.37. The number of hydrogen-bond donors (Lipinski definition) is 2. The number of carbonyl (C=O) groups excluding carboxylic acids is 1. The highest BCUT2D eigenvalue weighted by Gasteiger charge is 2.03. The molecule has 0 atom stereocenters. The Labute approximate surface area is 124 Å². The molecule has 0 aliphatic heterocycles. The quantitative estimate of drug-likeness (QED) is 0.597. The van der Waals surface area contributed by atoms with Crippen molar-refractivity contribution in [2.75, 3.05) is 25.1 Å². The van der Waals surface area contributed by atoms with Crippen LogP contribution in [0.5, 0.6) is 5.75 Å². The summed E-state index contributed by atoms with van der Waals surface area (Å²) in [6.07, 6.45) is 0.391. The number of nitrogens with one attached hydrogen (secondary N) is 2. The summed E-state index contributed by atoms with van der Waals surface area (Å²) in [6.45, 7) is 5.44. The van der Waals surface area contributed by atoms with Crippen molar-refractivity contribution in [3.8, 4) is 5.75 Å². The molecule has 0 heterocycles. The van der Waals surface area contributed by atoms with E-state index in [1.807, 2.05) is 31.2 Å². The Morgan fingerprint density at radius 2 is 2.10 bits per heavy atom. The number of thiocarbonyl (C=S) groups is 1. The number of rotatable bonds is 7. The van der Waals surface area contributed by atoms with Crippen LogP contribution in [0.25, 0.3) is 0 Å². The Hall–Kier alpha value is -1.66. The van der Waals surface area contributed by atoms with E-state index in [0.29, 0.717) is 26.2 Å². The molecule has 0 bridgehead atoms. The van der Waals surface area contributed by atoms with Gasteiger partial charge in [0.15, 0.2) is 5.11 Å². The van der Waals surface area contributed by atoms with Crippen molar-refractivity contribution in [2.24, 2.45) is 0 Å². The molecule has 0 fully saturated rings. The molecular formula is C14H20N2O3S. The molecule has 1 rings (SSSR count). The fourth-order valence-electron chi connectivity index (χ4n) is 1.40. The van der Waals surface area contributed by atoms with E-state index in [1.165, 1.54) is 0 Å². The van der Waals surface area contributed by atoms with Crippen LogP contribution < -0.4 is 15.4 Å². The lowest BCUT2D eigenvalue weighted by atomic mass is 10.3. The fourth-order valence-corrected chi connectivity index (χ4v) is 1.64. The number of ether oxygens (including phenoxy) is 2. The normalized spacial score (nSPS) is 9.90. The van der Waals surface area contributed by atoms with Crippen LogP contribution in [-0.2, 0) is 9.53 Å². The minimum atomic E-state index is -0.119. The molecule has 110 valence electrons. The molecule has 0 aliphatic rings. The standard InChI is InChI=1S/C14H20N2O3S/c1-3-13(17)16-14(20)15-11-6-5-7-12(10-11)19-9-8-18-4-2/h5-7,10H,3-4,8-9H2,1-2H3,(H2,15,16,17,20). The number of amides is 1. The number of anilines is 1. The largest absolute Gasteiger partial charge is 0.491 e. The zero-order valence-corrected chi connectivity index (χ0v) is 12.6. The van der Waals surface area contributed by atoms with Crippen LogP contribution in [0.15, 0.2) is 24.3 Å². The van der Waals surface area contributed by atoms with Crippen molar-refractivity contribution < 1.29 is 14.3 Å². The first-order valence-corrected chi connectivity index (χ1v) is 6.98. The van der Waals surface area contributed by atoms with Crippen LogP contribution in [0, 0.1) is 0 Å². The molecule has 0 saturated carbocycles. The summed E-state index contributed by atoms with van der Waals surface area (Å²) in [4.78, 5) is 11.2. The van der Waals surface area contributed by atoms with E-state index in [-0.39, 0.29) is 11.0 Å². The van der Waals surface area contributed by atoms with Crippen molar-refractivity contribution in [3.05, 3.63) is 24.3 Å². The van der Waals surface area contributed by atoms with Gasteiger partial charge in [-0.25, -0.2) is 0 Å². The summed E-state index contributed by atoms with van der Waals surface area (Å²) in [7, 11) is 0. The molecule has 0 spiro atoms. The van der Waals surface area contributed by atoms with Crippen molar-refractivity contribution in [1.29, 1.82) is 0 Å². The minimum absolute atomic E-state index is 0.119. The van der Waals surface area contributed by atoms with Gasteiger partial charge in [0.1, 0.15) is 12.4 Å². The first-order chi connectivity index (χ1) is 9.65. The van der Waals surface area contributed by atoms with E-state index in [2.05, 4.69) is 10.6 Å². The summed E-state index contributed by atoms with van der Waals surface area (Å²) >= 11 is 5.04. The third kappa shape index (κ3) is 6.49. The molecule has 0 saturated heterocycles. The Morgan fingerprint density at radius 1 is 1.30 bits per heavy atom. The van der Waals surface area contributed by atoms with Crippen LogP contribution in [-0.4, -0.2) is 30.8 Å². The van der Waals surface area contributed by atoms with Gasteiger partial charge < -0.3 is 20.1 Å². The second-order valence-corrected chi connectivity index (χ2v) is 4.34. The van der Waals surface area contributed by atoms with Crippen LogP contribution in [0.3, 0.4) is 0 Å².